The molecular weight excluding hydrogens is 196 g/mol. The topological polar surface area (TPSA) is 20.2 Å². The van der Waals surface area contributed by atoms with Crippen LogP contribution in [0.3, 0.4) is 0 Å². The summed E-state index contributed by atoms with van der Waals surface area (Å²) in [5, 5.41) is 8.60. The third kappa shape index (κ3) is 13.4. The second-order valence-electron chi connectivity index (χ2n) is 4.32. The molecule has 0 amide bonds. The molecule has 0 aromatic heterocycles. The maximum Gasteiger partial charge on any atom is 0.0431 e. The molecule has 0 rings (SSSR count). The lowest BCUT2D eigenvalue weighted by atomic mass is 10.1. The molecule has 0 spiro atoms. The van der Waals surface area contributed by atoms with Crippen LogP contribution in [0.25, 0.3) is 0 Å². The average Bonchev–Trinajstić information content (AvgIpc) is 2.31. The Labute approximate surface area is 101 Å². The average molecular weight is 224 g/mol. The zero-order chi connectivity index (χ0) is 11.9. The lowest BCUT2D eigenvalue weighted by molar-refractivity contribution is 0.283. The van der Waals surface area contributed by atoms with Crippen LogP contribution < -0.4 is 0 Å². The van der Waals surface area contributed by atoms with Crippen molar-refractivity contribution in [1.82, 2.24) is 0 Å². The minimum atomic E-state index is 0.342. The Morgan fingerprint density at radius 3 is 1.69 bits per heavy atom. The largest absolute Gasteiger partial charge is 0.396 e. The number of allylic oxidation sites excluding steroid dienone is 3. The van der Waals surface area contributed by atoms with Crippen molar-refractivity contribution in [2.24, 2.45) is 0 Å². The van der Waals surface area contributed by atoms with E-state index >= 15 is 0 Å². The van der Waals surface area contributed by atoms with Crippen LogP contribution in [-0.4, -0.2) is 11.7 Å². The fraction of sp³-hybridized carbons (Fsp3) is 0.733. The molecule has 0 unspecified atom stereocenters. The highest BCUT2D eigenvalue weighted by Crippen LogP contribution is 2.07. The molecule has 0 heterocycles. The molecule has 1 nitrogen and oxygen atoms in total. The van der Waals surface area contributed by atoms with Crippen molar-refractivity contribution in [3.63, 3.8) is 0 Å². The summed E-state index contributed by atoms with van der Waals surface area (Å²) in [6.45, 7) is 4.06. The predicted molar refractivity (Wildman–Crippen MR) is 72.6 cm³/mol. The van der Waals surface area contributed by atoms with E-state index in [1.165, 1.54) is 51.4 Å². The van der Waals surface area contributed by atoms with Gasteiger partial charge in [-0.15, -0.1) is 6.58 Å². The Balaban J connectivity index is 3.00. The quantitative estimate of drug-likeness (QED) is 0.379. The molecule has 0 fully saturated rings. The fourth-order valence-electron chi connectivity index (χ4n) is 1.69. The van der Waals surface area contributed by atoms with E-state index in [1.807, 2.05) is 6.08 Å². The van der Waals surface area contributed by atoms with Gasteiger partial charge in [0.15, 0.2) is 0 Å². The van der Waals surface area contributed by atoms with Crippen LogP contribution in [0, 0.1) is 0 Å². The van der Waals surface area contributed by atoms with Gasteiger partial charge in [0.2, 0.25) is 0 Å². The molecule has 0 aliphatic heterocycles. The third-order valence-corrected chi connectivity index (χ3v) is 2.72. The Morgan fingerprint density at radius 2 is 1.19 bits per heavy atom. The summed E-state index contributed by atoms with van der Waals surface area (Å²) < 4.78 is 0. The smallest absolute Gasteiger partial charge is 0.0431 e. The van der Waals surface area contributed by atoms with Gasteiger partial charge in [0.1, 0.15) is 0 Å². The van der Waals surface area contributed by atoms with Crippen molar-refractivity contribution < 1.29 is 5.11 Å². The van der Waals surface area contributed by atoms with Crippen molar-refractivity contribution in [1.29, 1.82) is 0 Å². The highest BCUT2D eigenvalue weighted by Gasteiger charge is 1.87. The summed E-state index contributed by atoms with van der Waals surface area (Å²) in [7, 11) is 0. The molecule has 16 heavy (non-hydrogen) atoms. The van der Waals surface area contributed by atoms with Gasteiger partial charge in [0.25, 0.3) is 0 Å². The van der Waals surface area contributed by atoms with Gasteiger partial charge >= 0.3 is 0 Å². The van der Waals surface area contributed by atoms with Crippen molar-refractivity contribution in [3.05, 3.63) is 24.8 Å². The molecule has 0 saturated carbocycles. The Hall–Kier alpha value is -0.560. The van der Waals surface area contributed by atoms with Crippen LogP contribution in [0.15, 0.2) is 24.8 Å². The van der Waals surface area contributed by atoms with Gasteiger partial charge < -0.3 is 5.11 Å². The van der Waals surface area contributed by atoms with E-state index in [2.05, 4.69) is 18.7 Å². The van der Waals surface area contributed by atoms with E-state index in [9.17, 15) is 0 Å². The summed E-state index contributed by atoms with van der Waals surface area (Å²) in [5.74, 6) is 0. The first-order valence-electron chi connectivity index (χ1n) is 6.78. The predicted octanol–water partition coefficient (Wildman–Crippen LogP) is 4.62. The lowest BCUT2D eigenvalue weighted by Crippen LogP contribution is -1.81. The number of hydrogen-bond acceptors (Lipinski definition) is 1. The molecule has 1 N–H and O–H groups in total. The van der Waals surface area contributed by atoms with Gasteiger partial charge in [-0.2, -0.15) is 0 Å². The molecule has 0 aromatic rings. The molecule has 0 bridgehead atoms. The summed E-state index contributed by atoms with van der Waals surface area (Å²) >= 11 is 0. The Bertz CT molecular complexity index is 161. The van der Waals surface area contributed by atoms with Crippen LogP contribution in [0.1, 0.15) is 64.2 Å². The number of rotatable bonds is 12. The molecule has 0 radical (unpaired) electrons. The van der Waals surface area contributed by atoms with Gasteiger partial charge in [-0.1, -0.05) is 37.5 Å². The van der Waals surface area contributed by atoms with Crippen LogP contribution in [-0.2, 0) is 0 Å². The summed E-state index contributed by atoms with van der Waals surface area (Å²) in [6, 6.07) is 0. The van der Waals surface area contributed by atoms with Crippen molar-refractivity contribution in [2.45, 2.75) is 64.2 Å². The number of unbranched alkanes of at least 4 members (excludes halogenated alkanes) is 8. The first kappa shape index (κ1) is 15.4. The zero-order valence-corrected chi connectivity index (χ0v) is 10.7. The standard InChI is InChI=1S/C15H28O/c1-2-3-4-5-6-7-8-9-10-11-12-13-14-15-16/h2,9-10,16H,1,3-8,11-15H2/b10-9-. The molecule has 0 aromatic carbocycles. The van der Waals surface area contributed by atoms with Crippen molar-refractivity contribution >= 4 is 0 Å². The minimum Gasteiger partial charge on any atom is -0.396 e. The summed E-state index contributed by atoms with van der Waals surface area (Å²) in [4.78, 5) is 0. The summed E-state index contributed by atoms with van der Waals surface area (Å²) in [6.07, 6.45) is 18.8. The Kier molecular flexibility index (Phi) is 13.9. The van der Waals surface area contributed by atoms with Gasteiger partial charge in [-0.3, -0.25) is 0 Å². The monoisotopic (exact) mass is 224 g/mol. The first-order valence-corrected chi connectivity index (χ1v) is 6.78. The van der Waals surface area contributed by atoms with E-state index in [4.69, 9.17) is 5.11 Å². The van der Waals surface area contributed by atoms with Gasteiger partial charge in [0.05, 0.1) is 0 Å². The maximum atomic E-state index is 8.60. The van der Waals surface area contributed by atoms with E-state index < -0.39 is 0 Å². The van der Waals surface area contributed by atoms with Crippen LogP contribution in [0.5, 0.6) is 0 Å². The molecule has 1 heteroatoms. The van der Waals surface area contributed by atoms with Gasteiger partial charge in [-0.05, 0) is 44.9 Å². The summed E-state index contributed by atoms with van der Waals surface area (Å²) in [5.41, 5.74) is 0. The van der Waals surface area contributed by atoms with E-state index in [0.29, 0.717) is 6.61 Å². The number of aliphatic hydroxyl groups excluding tert-OH is 1. The van der Waals surface area contributed by atoms with Crippen molar-refractivity contribution in [3.8, 4) is 0 Å². The van der Waals surface area contributed by atoms with Crippen LogP contribution in [0.4, 0.5) is 0 Å². The SMILES string of the molecule is C=CCCCCCC/C=C\CCCCCO. The number of hydrogen-bond donors (Lipinski definition) is 1. The first-order chi connectivity index (χ1) is 7.91. The van der Waals surface area contributed by atoms with Gasteiger partial charge in [-0.25, -0.2) is 0 Å². The fourth-order valence-corrected chi connectivity index (χ4v) is 1.69. The van der Waals surface area contributed by atoms with Gasteiger partial charge in [0, 0.05) is 6.61 Å². The normalized spacial score (nSPS) is 11.1. The second-order valence-corrected chi connectivity index (χ2v) is 4.32. The Morgan fingerprint density at radius 1 is 0.688 bits per heavy atom. The number of aliphatic hydroxyl groups is 1. The van der Waals surface area contributed by atoms with E-state index in [-0.39, 0.29) is 0 Å². The second kappa shape index (κ2) is 14.4. The highest BCUT2D eigenvalue weighted by atomic mass is 16.2. The lowest BCUT2D eigenvalue weighted by Gasteiger charge is -1.97. The van der Waals surface area contributed by atoms with E-state index in [0.717, 1.165) is 12.8 Å². The van der Waals surface area contributed by atoms with Crippen LogP contribution in [0.2, 0.25) is 0 Å². The van der Waals surface area contributed by atoms with Crippen LogP contribution >= 0.6 is 0 Å². The zero-order valence-electron chi connectivity index (χ0n) is 10.7. The molecular formula is C15H28O. The molecule has 94 valence electrons. The molecule has 0 aliphatic carbocycles. The minimum absolute atomic E-state index is 0.342. The molecule has 0 saturated heterocycles. The molecule has 0 atom stereocenters. The van der Waals surface area contributed by atoms with E-state index in [1.54, 1.807) is 0 Å². The van der Waals surface area contributed by atoms with Crippen molar-refractivity contribution in [2.75, 3.05) is 6.61 Å². The maximum absolute atomic E-state index is 8.60. The highest BCUT2D eigenvalue weighted by molar-refractivity contribution is 4.81. The molecule has 0 aliphatic rings. The third-order valence-electron chi connectivity index (χ3n) is 2.72.